The minimum absolute atomic E-state index is 0.0104. The van der Waals surface area contributed by atoms with Crippen LogP contribution in [-0.2, 0) is 7.05 Å². The van der Waals surface area contributed by atoms with Gasteiger partial charge in [-0.1, -0.05) is 12.1 Å². The van der Waals surface area contributed by atoms with E-state index in [4.69, 9.17) is 4.98 Å². The van der Waals surface area contributed by atoms with Crippen LogP contribution < -0.4 is 0 Å². The van der Waals surface area contributed by atoms with E-state index in [1.54, 1.807) is 6.20 Å². The first-order valence-electron chi connectivity index (χ1n) is 7.99. The van der Waals surface area contributed by atoms with E-state index in [0.717, 1.165) is 40.7 Å². The zero-order valence-corrected chi connectivity index (χ0v) is 14.9. The molecule has 3 heterocycles. The van der Waals surface area contributed by atoms with Gasteiger partial charge in [0.25, 0.3) is 5.91 Å². The van der Waals surface area contributed by atoms with E-state index in [1.165, 1.54) is 0 Å². The molecule has 5 nitrogen and oxygen atoms in total. The molecular weight excluding hydrogens is 368 g/mol. The summed E-state index contributed by atoms with van der Waals surface area (Å²) in [6, 6.07) is 11.7. The fraction of sp³-hybridized carbons (Fsp3) is 0.278. The number of aromatic nitrogens is 3. The van der Waals surface area contributed by atoms with Crippen LogP contribution in [-0.4, -0.2) is 31.9 Å². The molecule has 0 radical (unpaired) electrons. The van der Waals surface area contributed by atoms with E-state index in [1.807, 2.05) is 42.3 Å². The van der Waals surface area contributed by atoms with Crippen molar-refractivity contribution < 1.29 is 4.79 Å². The van der Waals surface area contributed by atoms with Crippen LogP contribution in [0.5, 0.6) is 0 Å². The molecule has 1 aliphatic heterocycles. The van der Waals surface area contributed by atoms with E-state index < -0.39 is 0 Å². The summed E-state index contributed by atoms with van der Waals surface area (Å²) in [7, 11) is 2.02. The molecule has 0 spiro atoms. The number of halogens is 1. The number of pyridine rings is 1. The van der Waals surface area contributed by atoms with Crippen LogP contribution in [0.3, 0.4) is 0 Å². The highest BCUT2D eigenvalue weighted by Gasteiger charge is 2.34. The smallest absolute Gasteiger partial charge is 0.274 e. The quantitative estimate of drug-likeness (QED) is 0.676. The minimum Gasteiger partial charge on any atom is -0.329 e. The van der Waals surface area contributed by atoms with Crippen molar-refractivity contribution in [1.29, 1.82) is 0 Å². The third-order valence-electron chi connectivity index (χ3n) is 4.59. The first-order chi connectivity index (χ1) is 11.7. The number of carbonyl (C=O) groups excluding carboxylic acids is 1. The van der Waals surface area contributed by atoms with E-state index in [0.29, 0.717) is 5.69 Å². The summed E-state index contributed by atoms with van der Waals surface area (Å²) in [5.41, 5.74) is 2.52. The molecule has 0 aliphatic carbocycles. The number of imidazole rings is 1. The lowest BCUT2D eigenvalue weighted by Gasteiger charge is -2.24. The van der Waals surface area contributed by atoms with Crippen LogP contribution in [0.2, 0.25) is 0 Å². The molecule has 1 saturated heterocycles. The summed E-state index contributed by atoms with van der Waals surface area (Å²) in [5, 5.41) is 0. The molecule has 4 rings (SSSR count). The second kappa shape index (κ2) is 6.02. The summed E-state index contributed by atoms with van der Waals surface area (Å²) in [6.07, 6.45) is 3.55. The molecule has 0 N–H and O–H groups in total. The van der Waals surface area contributed by atoms with Crippen molar-refractivity contribution in [3.8, 4) is 0 Å². The van der Waals surface area contributed by atoms with Crippen molar-refractivity contribution in [2.24, 2.45) is 7.05 Å². The average molecular weight is 385 g/mol. The number of aryl methyl sites for hydroxylation is 1. The molecule has 3 aromatic rings. The van der Waals surface area contributed by atoms with Gasteiger partial charge in [0, 0.05) is 24.3 Å². The Labute approximate surface area is 148 Å². The molecule has 24 heavy (non-hydrogen) atoms. The van der Waals surface area contributed by atoms with Gasteiger partial charge in [0.2, 0.25) is 0 Å². The van der Waals surface area contributed by atoms with Gasteiger partial charge in [-0.15, -0.1) is 0 Å². The van der Waals surface area contributed by atoms with Crippen LogP contribution in [0, 0.1) is 0 Å². The maximum atomic E-state index is 13.0. The highest BCUT2D eigenvalue weighted by atomic mass is 79.9. The summed E-state index contributed by atoms with van der Waals surface area (Å²) < 4.78 is 2.82. The lowest BCUT2D eigenvalue weighted by molar-refractivity contribution is 0.0721. The number of rotatable bonds is 2. The van der Waals surface area contributed by atoms with Crippen molar-refractivity contribution in [3.63, 3.8) is 0 Å². The molecule has 1 fully saturated rings. The van der Waals surface area contributed by atoms with Gasteiger partial charge in [0.1, 0.15) is 11.5 Å². The van der Waals surface area contributed by atoms with Crippen molar-refractivity contribution >= 4 is 32.9 Å². The van der Waals surface area contributed by atoms with Gasteiger partial charge < -0.3 is 9.47 Å². The Balaban J connectivity index is 1.73. The van der Waals surface area contributed by atoms with Gasteiger partial charge >= 0.3 is 0 Å². The molecule has 122 valence electrons. The standard InChI is InChI=1S/C18H17BrN4O/c1-22-14-8-3-2-7-13(14)21-17(22)15-9-5-11-23(15)18(24)16-12(19)6-4-10-20-16/h2-4,6-8,10,15H,5,9,11H2,1H3. The number of likely N-dealkylation sites (tertiary alicyclic amines) is 1. The number of para-hydroxylation sites is 2. The Morgan fingerprint density at radius 3 is 2.88 bits per heavy atom. The van der Waals surface area contributed by atoms with Crippen molar-refractivity contribution in [2.75, 3.05) is 6.54 Å². The normalized spacial score (nSPS) is 17.6. The third kappa shape index (κ3) is 2.41. The van der Waals surface area contributed by atoms with Crippen LogP contribution in [0.4, 0.5) is 0 Å². The molecular formula is C18H17BrN4O. The molecule has 0 saturated carbocycles. The molecule has 1 aliphatic rings. The van der Waals surface area contributed by atoms with Crippen LogP contribution >= 0.6 is 15.9 Å². The fourth-order valence-electron chi connectivity index (χ4n) is 3.42. The van der Waals surface area contributed by atoms with E-state index >= 15 is 0 Å². The number of benzene rings is 1. The van der Waals surface area contributed by atoms with E-state index in [2.05, 4.69) is 31.5 Å². The van der Waals surface area contributed by atoms with Gasteiger partial charge in [-0.05, 0) is 53.0 Å². The summed E-state index contributed by atoms with van der Waals surface area (Å²) in [5.74, 6) is 0.895. The minimum atomic E-state index is -0.0444. The molecule has 1 aromatic carbocycles. The Kier molecular flexibility index (Phi) is 3.84. The zero-order valence-electron chi connectivity index (χ0n) is 13.3. The lowest BCUT2D eigenvalue weighted by Crippen LogP contribution is -2.32. The SMILES string of the molecule is Cn1c(C2CCCN2C(=O)c2ncccc2Br)nc2ccccc21. The Bertz CT molecular complexity index is 920. The Morgan fingerprint density at radius 1 is 1.25 bits per heavy atom. The van der Waals surface area contributed by atoms with Gasteiger partial charge in [-0.3, -0.25) is 4.79 Å². The number of hydrogen-bond donors (Lipinski definition) is 0. The molecule has 2 aromatic heterocycles. The number of fused-ring (bicyclic) bond motifs is 1. The summed E-state index contributed by atoms with van der Waals surface area (Å²) in [4.78, 5) is 23.9. The number of nitrogens with zero attached hydrogens (tertiary/aromatic N) is 4. The second-order valence-electron chi connectivity index (χ2n) is 6.01. The van der Waals surface area contributed by atoms with Gasteiger partial charge in [0.05, 0.1) is 17.1 Å². The summed E-state index contributed by atoms with van der Waals surface area (Å²) >= 11 is 3.43. The number of carbonyl (C=O) groups is 1. The Hall–Kier alpha value is -2.21. The third-order valence-corrected chi connectivity index (χ3v) is 5.23. The van der Waals surface area contributed by atoms with Crippen LogP contribution in [0.25, 0.3) is 11.0 Å². The molecule has 0 bridgehead atoms. The summed E-state index contributed by atoms with van der Waals surface area (Å²) in [6.45, 7) is 0.732. The van der Waals surface area contributed by atoms with Crippen LogP contribution in [0.15, 0.2) is 47.1 Å². The highest BCUT2D eigenvalue weighted by molar-refractivity contribution is 9.10. The predicted molar refractivity (Wildman–Crippen MR) is 95.7 cm³/mol. The maximum Gasteiger partial charge on any atom is 0.274 e. The molecule has 1 unspecified atom stereocenters. The van der Waals surface area contributed by atoms with E-state index in [-0.39, 0.29) is 11.9 Å². The first-order valence-corrected chi connectivity index (χ1v) is 8.79. The largest absolute Gasteiger partial charge is 0.329 e. The first kappa shape index (κ1) is 15.3. The van der Waals surface area contributed by atoms with Crippen molar-refractivity contribution in [2.45, 2.75) is 18.9 Å². The maximum absolute atomic E-state index is 13.0. The highest BCUT2D eigenvalue weighted by Crippen LogP contribution is 2.34. The van der Waals surface area contributed by atoms with Crippen molar-refractivity contribution in [3.05, 3.63) is 58.6 Å². The monoisotopic (exact) mass is 384 g/mol. The number of amides is 1. The van der Waals surface area contributed by atoms with Crippen molar-refractivity contribution in [1.82, 2.24) is 19.4 Å². The average Bonchev–Trinajstić information content (AvgIpc) is 3.20. The predicted octanol–water partition coefficient (Wildman–Crippen LogP) is 3.71. The second-order valence-corrected chi connectivity index (χ2v) is 6.86. The fourth-order valence-corrected chi connectivity index (χ4v) is 3.84. The molecule has 1 atom stereocenters. The topological polar surface area (TPSA) is 51.0 Å². The van der Waals surface area contributed by atoms with Gasteiger partial charge in [-0.25, -0.2) is 9.97 Å². The molecule has 1 amide bonds. The lowest BCUT2D eigenvalue weighted by atomic mass is 10.2. The zero-order chi connectivity index (χ0) is 16.7. The van der Waals surface area contributed by atoms with Gasteiger partial charge in [-0.2, -0.15) is 0 Å². The van der Waals surface area contributed by atoms with Gasteiger partial charge in [0.15, 0.2) is 0 Å². The molecule has 6 heteroatoms. The number of hydrogen-bond acceptors (Lipinski definition) is 3. The van der Waals surface area contributed by atoms with Crippen LogP contribution in [0.1, 0.15) is 35.2 Å². The van der Waals surface area contributed by atoms with E-state index in [9.17, 15) is 4.79 Å². The Morgan fingerprint density at radius 2 is 2.08 bits per heavy atom.